The highest BCUT2D eigenvalue weighted by atomic mass is 16.4. The number of phenols is 1. The van der Waals surface area contributed by atoms with Crippen LogP contribution in [0, 0.1) is 0 Å². The van der Waals surface area contributed by atoms with E-state index in [0.717, 1.165) is 0 Å². The van der Waals surface area contributed by atoms with Gasteiger partial charge in [0, 0.05) is 19.4 Å². The third kappa shape index (κ3) is 12.6. The van der Waals surface area contributed by atoms with Crippen LogP contribution < -0.4 is 38.9 Å². The number of aliphatic hydroxyl groups excluding tert-OH is 1. The third-order valence-electron chi connectivity index (χ3n) is 5.41. The van der Waals surface area contributed by atoms with Crippen molar-refractivity contribution in [1.82, 2.24) is 16.0 Å². The van der Waals surface area contributed by atoms with Crippen LogP contribution in [0.1, 0.15) is 31.2 Å². The summed E-state index contributed by atoms with van der Waals surface area (Å²) in [7, 11) is 0. The SMILES string of the molecule is NC(=O)CCC(NC(=O)C(CCCN=C(N)N)NC(=O)C(N)CO)C(=O)NC(Cc1ccc(O)cc1)C(=O)O. The predicted octanol–water partition coefficient (Wildman–Crippen LogP) is -3.89. The van der Waals surface area contributed by atoms with Crippen molar-refractivity contribution in [1.29, 1.82) is 0 Å². The molecule has 1 aromatic carbocycles. The molecule has 0 saturated heterocycles. The minimum Gasteiger partial charge on any atom is -0.508 e. The summed E-state index contributed by atoms with van der Waals surface area (Å²) < 4.78 is 0. The van der Waals surface area contributed by atoms with E-state index in [9.17, 15) is 34.2 Å². The smallest absolute Gasteiger partial charge is 0.326 e. The number of aliphatic hydroxyl groups is 1. The van der Waals surface area contributed by atoms with Crippen LogP contribution in [0.25, 0.3) is 0 Å². The van der Waals surface area contributed by atoms with E-state index in [1.165, 1.54) is 24.3 Å². The van der Waals surface area contributed by atoms with Gasteiger partial charge in [0.15, 0.2) is 5.96 Å². The number of aliphatic imine (C=N–C) groups is 1. The number of nitrogens with one attached hydrogen (secondary N) is 3. The van der Waals surface area contributed by atoms with Crippen LogP contribution in [-0.2, 0) is 30.4 Å². The summed E-state index contributed by atoms with van der Waals surface area (Å²) in [6.07, 6.45) is -0.472. The summed E-state index contributed by atoms with van der Waals surface area (Å²) >= 11 is 0. The summed E-state index contributed by atoms with van der Waals surface area (Å²) in [6, 6.07) is 0.325. The van der Waals surface area contributed by atoms with Crippen LogP contribution in [0.4, 0.5) is 0 Å². The maximum absolute atomic E-state index is 13.1. The standard InChI is InChI=1S/C23H36N8O8/c24-14(11-32)19(35)29-15(2-1-9-28-23(26)27)20(36)30-16(7-8-18(25)34)21(37)31-17(22(38)39)10-12-3-5-13(33)6-4-12/h3-6,14-17,32-33H,1-2,7-11,24H2,(H2,25,34)(H,29,35)(H,30,36)(H,31,37)(H,38,39)(H4,26,27,28). The molecule has 39 heavy (non-hydrogen) atoms. The number of aromatic hydroxyl groups is 1. The van der Waals surface area contributed by atoms with Gasteiger partial charge in [-0.2, -0.15) is 0 Å². The Morgan fingerprint density at radius 1 is 0.846 bits per heavy atom. The number of rotatable bonds is 17. The number of nitrogens with zero attached hydrogens (tertiary/aromatic N) is 1. The van der Waals surface area contributed by atoms with E-state index in [4.69, 9.17) is 28.0 Å². The van der Waals surface area contributed by atoms with Crippen molar-refractivity contribution >= 4 is 35.6 Å². The minimum atomic E-state index is -1.41. The van der Waals surface area contributed by atoms with Crippen molar-refractivity contribution in [2.45, 2.75) is 56.3 Å². The molecule has 16 heteroatoms. The lowest BCUT2D eigenvalue weighted by Gasteiger charge is -2.25. The van der Waals surface area contributed by atoms with Gasteiger partial charge in [0.1, 0.15) is 29.9 Å². The van der Waals surface area contributed by atoms with Crippen molar-refractivity contribution in [3.05, 3.63) is 29.8 Å². The Hall–Kier alpha value is -4.44. The molecule has 0 radical (unpaired) electrons. The number of carboxylic acid groups (broad SMARTS) is 1. The number of guanidine groups is 1. The Morgan fingerprint density at radius 3 is 1.90 bits per heavy atom. The zero-order chi connectivity index (χ0) is 29.5. The quantitative estimate of drug-likeness (QED) is 0.0506. The molecular formula is C23H36N8O8. The van der Waals surface area contributed by atoms with Gasteiger partial charge in [0.2, 0.25) is 23.6 Å². The first-order valence-corrected chi connectivity index (χ1v) is 12.0. The number of carboxylic acids is 1. The highest BCUT2D eigenvalue weighted by Gasteiger charge is 2.30. The van der Waals surface area contributed by atoms with Gasteiger partial charge in [0.05, 0.1) is 6.61 Å². The molecule has 1 aromatic rings. The lowest BCUT2D eigenvalue weighted by Crippen LogP contribution is -2.57. The van der Waals surface area contributed by atoms with E-state index in [1.54, 1.807) is 0 Å². The van der Waals surface area contributed by atoms with Crippen LogP contribution >= 0.6 is 0 Å². The van der Waals surface area contributed by atoms with Gasteiger partial charge in [-0.15, -0.1) is 0 Å². The first kappa shape index (κ1) is 32.6. The van der Waals surface area contributed by atoms with Crippen LogP contribution in [0.5, 0.6) is 5.75 Å². The first-order chi connectivity index (χ1) is 18.3. The molecule has 4 unspecified atom stereocenters. The van der Waals surface area contributed by atoms with Crippen LogP contribution in [0.3, 0.4) is 0 Å². The minimum absolute atomic E-state index is 0.00919. The number of phenolic OH excluding ortho intramolecular Hbond substituents is 1. The molecule has 0 aliphatic heterocycles. The topological polar surface area (TPSA) is 299 Å². The molecule has 0 fully saturated rings. The van der Waals surface area contributed by atoms with E-state index >= 15 is 0 Å². The summed E-state index contributed by atoms with van der Waals surface area (Å²) in [5.74, 6) is -4.91. The fraction of sp³-hybridized carbons (Fsp3) is 0.478. The Bertz CT molecular complexity index is 1030. The summed E-state index contributed by atoms with van der Waals surface area (Å²) in [5.41, 5.74) is 21.8. The van der Waals surface area contributed by atoms with Gasteiger partial charge in [0.25, 0.3) is 0 Å². The zero-order valence-corrected chi connectivity index (χ0v) is 21.2. The van der Waals surface area contributed by atoms with Crippen molar-refractivity contribution in [2.75, 3.05) is 13.2 Å². The maximum Gasteiger partial charge on any atom is 0.326 e. The summed E-state index contributed by atoms with van der Waals surface area (Å²) in [6.45, 7) is -0.563. The van der Waals surface area contributed by atoms with E-state index in [2.05, 4.69) is 20.9 Å². The molecule has 0 heterocycles. The largest absolute Gasteiger partial charge is 0.508 e. The van der Waals surface area contributed by atoms with Crippen molar-refractivity contribution < 1.29 is 39.3 Å². The molecule has 0 bridgehead atoms. The van der Waals surface area contributed by atoms with E-state index in [1.807, 2.05) is 0 Å². The molecule has 216 valence electrons. The highest BCUT2D eigenvalue weighted by Crippen LogP contribution is 2.12. The number of amides is 4. The molecule has 16 nitrogen and oxygen atoms in total. The Labute approximate surface area is 224 Å². The van der Waals surface area contributed by atoms with E-state index in [0.29, 0.717) is 5.56 Å². The van der Waals surface area contributed by atoms with Gasteiger partial charge >= 0.3 is 5.97 Å². The fourth-order valence-electron chi connectivity index (χ4n) is 3.30. The second-order valence-corrected chi connectivity index (χ2v) is 8.64. The summed E-state index contributed by atoms with van der Waals surface area (Å²) in [4.78, 5) is 65.3. The number of aliphatic carboxylic acids is 1. The third-order valence-corrected chi connectivity index (χ3v) is 5.41. The van der Waals surface area contributed by atoms with Crippen LogP contribution in [0.2, 0.25) is 0 Å². The molecule has 4 atom stereocenters. The monoisotopic (exact) mass is 552 g/mol. The number of carbonyl (C=O) groups excluding carboxylic acids is 4. The van der Waals surface area contributed by atoms with E-state index in [-0.39, 0.29) is 50.4 Å². The molecule has 4 amide bonds. The Morgan fingerprint density at radius 2 is 1.38 bits per heavy atom. The second kappa shape index (κ2) is 16.4. The molecule has 0 aliphatic carbocycles. The lowest BCUT2D eigenvalue weighted by atomic mass is 10.0. The Balaban J connectivity index is 3.06. The van der Waals surface area contributed by atoms with Crippen LogP contribution in [-0.4, -0.2) is 88.2 Å². The average Bonchev–Trinajstić information content (AvgIpc) is 2.87. The molecule has 1 rings (SSSR count). The molecule has 0 saturated carbocycles. The van der Waals surface area contributed by atoms with Crippen molar-refractivity contribution in [2.24, 2.45) is 27.9 Å². The first-order valence-electron chi connectivity index (χ1n) is 12.0. The average molecular weight is 553 g/mol. The van der Waals surface area contributed by atoms with Gasteiger partial charge in [-0.1, -0.05) is 12.1 Å². The van der Waals surface area contributed by atoms with Gasteiger partial charge in [-0.25, -0.2) is 4.79 Å². The normalized spacial score (nSPS) is 13.7. The number of nitrogens with two attached hydrogens (primary N) is 4. The van der Waals surface area contributed by atoms with Gasteiger partial charge in [-0.05, 0) is 37.0 Å². The predicted molar refractivity (Wildman–Crippen MR) is 139 cm³/mol. The number of hydrogen-bond acceptors (Lipinski definition) is 9. The van der Waals surface area contributed by atoms with Gasteiger partial charge in [-0.3, -0.25) is 24.2 Å². The molecule has 14 N–H and O–H groups in total. The number of carbonyl (C=O) groups is 5. The van der Waals surface area contributed by atoms with Gasteiger partial charge < -0.3 is 54.2 Å². The van der Waals surface area contributed by atoms with Crippen molar-refractivity contribution in [3.63, 3.8) is 0 Å². The number of primary amides is 1. The Kier molecular flexibility index (Phi) is 13.7. The lowest BCUT2D eigenvalue weighted by molar-refractivity contribution is -0.142. The number of hydrogen-bond donors (Lipinski definition) is 10. The van der Waals surface area contributed by atoms with E-state index < -0.39 is 60.4 Å². The molecule has 0 spiro atoms. The number of benzene rings is 1. The molecular weight excluding hydrogens is 516 g/mol. The maximum atomic E-state index is 13.1. The zero-order valence-electron chi connectivity index (χ0n) is 21.2. The molecule has 0 aromatic heterocycles. The highest BCUT2D eigenvalue weighted by molar-refractivity contribution is 5.94. The second-order valence-electron chi connectivity index (χ2n) is 8.64. The molecule has 0 aliphatic rings. The fourth-order valence-corrected chi connectivity index (χ4v) is 3.30. The van der Waals surface area contributed by atoms with Crippen molar-refractivity contribution in [3.8, 4) is 5.75 Å². The summed E-state index contributed by atoms with van der Waals surface area (Å²) in [5, 5.41) is 35.3. The van der Waals surface area contributed by atoms with Crippen LogP contribution in [0.15, 0.2) is 29.3 Å².